The third kappa shape index (κ3) is 4.11. The Labute approximate surface area is 147 Å². The maximum Gasteiger partial charge on any atom is 0.342 e. The fraction of sp³-hybridized carbons (Fsp3) is 0.526. The number of ether oxygens (including phenoxy) is 1. The minimum atomic E-state index is -0.356. The number of nitrogens with zero attached hydrogens (tertiary/aromatic N) is 1. The molecule has 1 aliphatic heterocycles. The number of carbonyl (C=O) groups excluding carboxylic acids is 1. The van der Waals surface area contributed by atoms with Gasteiger partial charge in [-0.15, -0.1) is 0 Å². The van der Waals surface area contributed by atoms with Crippen LogP contribution < -0.4 is 0 Å². The lowest BCUT2D eigenvalue weighted by molar-refractivity contribution is 0.0373. The smallest absolute Gasteiger partial charge is 0.342 e. The average molecular weight is 350 g/mol. The van der Waals surface area contributed by atoms with Gasteiger partial charge in [0, 0.05) is 10.4 Å². The van der Waals surface area contributed by atoms with Crippen LogP contribution in [0.4, 0.5) is 0 Å². The van der Waals surface area contributed by atoms with Gasteiger partial charge in [0.15, 0.2) is 0 Å². The van der Waals surface area contributed by atoms with Crippen LogP contribution in [0.15, 0.2) is 28.9 Å². The van der Waals surface area contributed by atoms with E-state index in [0.29, 0.717) is 28.7 Å². The van der Waals surface area contributed by atoms with E-state index in [-0.39, 0.29) is 5.97 Å². The topological polar surface area (TPSA) is 42.7 Å². The number of hydrogen-bond acceptors (Lipinski definition) is 4. The summed E-state index contributed by atoms with van der Waals surface area (Å²) < 4.78 is 10.9. The minimum Gasteiger partial charge on any atom is -0.463 e. The zero-order valence-electron chi connectivity index (χ0n) is 14.1. The molecule has 0 N–H and O–H groups in total. The highest BCUT2D eigenvalue weighted by Crippen LogP contribution is 2.26. The second-order valence-corrected chi connectivity index (χ2v) is 6.97. The monoisotopic (exact) mass is 349 g/mol. The third-order valence-electron chi connectivity index (χ3n) is 4.72. The second kappa shape index (κ2) is 8.04. The molecule has 1 saturated heterocycles. The molecule has 2 aromatic rings. The van der Waals surface area contributed by atoms with Gasteiger partial charge in [-0.25, -0.2) is 4.79 Å². The lowest BCUT2D eigenvalue weighted by atomic mass is 9.97. The highest BCUT2D eigenvalue weighted by molar-refractivity contribution is 6.32. The maximum atomic E-state index is 12.4. The number of furan rings is 1. The van der Waals surface area contributed by atoms with E-state index in [0.717, 1.165) is 31.3 Å². The molecule has 0 spiro atoms. The van der Waals surface area contributed by atoms with E-state index < -0.39 is 0 Å². The van der Waals surface area contributed by atoms with Gasteiger partial charge in [-0.2, -0.15) is 0 Å². The van der Waals surface area contributed by atoms with Crippen molar-refractivity contribution in [1.82, 2.24) is 4.90 Å². The Morgan fingerprint density at radius 2 is 2.17 bits per heavy atom. The van der Waals surface area contributed by atoms with Crippen molar-refractivity contribution in [3.63, 3.8) is 0 Å². The van der Waals surface area contributed by atoms with Gasteiger partial charge in [0.25, 0.3) is 0 Å². The zero-order valence-corrected chi connectivity index (χ0v) is 14.8. The van der Waals surface area contributed by atoms with Crippen LogP contribution in [0.3, 0.4) is 0 Å². The van der Waals surface area contributed by atoms with Crippen LogP contribution in [0, 0.1) is 5.92 Å². The molecule has 0 amide bonds. The van der Waals surface area contributed by atoms with Crippen LogP contribution in [-0.4, -0.2) is 37.1 Å². The zero-order chi connectivity index (χ0) is 16.9. The van der Waals surface area contributed by atoms with Crippen molar-refractivity contribution in [3.8, 4) is 0 Å². The molecule has 130 valence electrons. The summed E-state index contributed by atoms with van der Waals surface area (Å²) in [6, 6.07) is 5.19. The van der Waals surface area contributed by atoms with Crippen LogP contribution in [0.2, 0.25) is 5.02 Å². The molecule has 1 fully saturated rings. The number of benzene rings is 1. The van der Waals surface area contributed by atoms with Gasteiger partial charge in [0.05, 0.1) is 12.9 Å². The molecule has 0 radical (unpaired) electrons. The van der Waals surface area contributed by atoms with Crippen molar-refractivity contribution < 1.29 is 13.9 Å². The predicted molar refractivity (Wildman–Crippen MR) is 95.6 cm³/mol. The van der Waals surface area contributed by atoms with Crippen molar-refractivity contribution in [2.45, 2.75) is 32.6 Å². The van der Waals surface area contributed by atoms with Gasteiger partial charge in [0.1, 0.15) is 11.1 Å². The van der Waals surface area contributed by atoms with E-state index >= 15 is 0 Å². The van der Waals surface area contributed by atoms with Crippen LogP contribution in [0.1, 0.15) is 43.0 Å². The molecule has 1 aromatic carbocycles. The summed E-state index contributed by atoms with van der Waals surface area (Å²) in [6.07, 6.45) is 6.22. The largest absolute Gasteiger partial charge is 0.463 e. The molecule has 0 saturated carbocycles. The third-order valence-corrected chi connectivity index (χ3v) is 4.94. The van der Waals surface area contributed by atoms with Crippen LogP contribution in [0.25, 0.3) is 11.0 Å². The van der Waals surface area contributed by atoms with Crippen molar-refractivity contribution in [2.75, 3.05) is 26.2 Å². The number of unbranched alkanes of at least 4 members (excludes halogenated alkanes) is 1. The number of halogens is 1. The fourth-order valence-corrected chi connectivity index (χ4v) is 3.45. The Morgan fingerprint density at radius 3 is 2.92 bits per heavy atom. The molecule has 5 heteroatoms. The first-order chi connectivity index (χ1) is 11.7. The van der Waals surface area contributed by atoms with Gasteiger partial charge >= 0.3 is 5.97 Å². The van der Waals surface area contributed by atoms with E-state index in [2.05, 4.69) is 11.8 Å². The average Bonchev–Trinajstić information content (AvgIpc) is 3.06. The Bertz CT molecular complexity index is 689. The summed E-state index contributed by atoms with van der Waals surface area (Å²) in [5.41, 5.74) is 0.946. The molecule has 4 nitrogen and oxygen atoms in total. The molecular formula is C19H24ClNO3. The van der Waals surface area contributed by atoms with Crippen molar-refractivity contribution in [2.24, 2.45) is 5.92 Å². The first-order valence-corrected chi connectivity index (χ1v) is 9.11. The predicted octanol–water partition coefficient (Wildman–Crippen LogP) is 4.76. The molecule has 24 heavy (non-hydrogen) atoms. The highest BCUT2D eigenvalue weighted by Gasteiger charge is 2.22. The van der Waals surface area contributed by atoms with E-state index in [1.165, 1.54) is 19.4 Å². The molecule has 1 aliphatic rings. The first kappa shape index (κ1) is 17.3. The number of esters is 1. The second-order valence-electron chi connectivity index (χ2n) is 6.53. The fourth-order valence-electron chi connectivity index (χ4n) is 3.23. The van der Waals surface area contributed by atoms with E-state index in [1.807, 2.05) is 0 Å². The number of fused-ring (bicyclic) bond motifs is 1. The first-order valence-electron chi connectivity index (χ1n) is 8.73. The molecular weight excluding hydrogens is 326 g/mol. The summed E-state index contributed by atoms with van der Waals surface area (Å²) >= 11 is 6.08. The Hall–Kier alpha value is -1.52. The lowest BCUT2D eigenvalue weighted by Crippen LogP contribution is -2.36. The molecule has 0 unspecified atom stereocenters. The number of rotatable bonds is 6. The lowest BCUT2D eigenvalue weighted by Gasteiger charge is -2.31. The number of piperidine rings is 1. The van der Waals surface area contributed by atoms with E-state index in [1.54, 1.807) is 24.5 Å². The summed E-state index contributed by atoms with van der Waals surface area (Å²) in [7, 11) is 0. The molecule has 0 aliphatic carbocycles. The highest BCUT2D eigenvalue weighted by atomic mass is 35.5. The standard InChI is InChI=1S/C19H24ClNO3/c1-2-3-7-21-8-4-14(5-9-21)13-24-19(22)17-12-16(20)11-15-6-10-23-18(15)17/h6,10-12,14H,2-5,7-9,13H2,1H3. The van der Waals surface area contributed by atoms with E-state index in [4.69, 9.17) is 20.8 Å². The number of hydrogen-bond donors (Lipinski definition) is 0. The quantitative estimate of drug-likeness (QED) is 0.705. The van der Waals surface area contributed by atoms with E-state index in [9.17, 15) is 4.79 Å². The van der Waals surface area contributed by atoms with Crippen molar-refractivity contribution in [3.05, 3.63) is 35.0 Å². The normalized spacial score (nSPS) is 16.6. The van der Waals surface area contributed by atoms with Crippen molar-refractivity contribution in [1.29, 1.82) is 0 Å². The van der Waals surface area contributed by atoms with Crippen molar-refractivity contribution >= 4 is 28.5 Å². The van der Waals surface area contributed by atoms with Gasteiger partial charge in [0.2, 0.25) is 0 Å². The number of carbonyl (C=O) groups is 1. The Balaban J connectivity index is 1.53. The summed E-state index contributed by atoms with van der Waals surface area (Å²) in [4.78, 5) is 14.9. The summed E-state index contributed by atoms with van der Waals surface area (Å²) in [5, 5.41) is 1.33. The van der Waals surface area contributed by atoms with Gasteiger partial charge < -0.3 is 14.1 Å². The molecule has 0 atom stereocenters. The molecule has 0 bridgehead atoms. The number of likely N-dealkylation sites (tertiary alicyclic amines) is 1. The SMILES string of the molecule is CCCCN1CCC(COC(=O)c2cc(Cl)cc3ccoc23)CC1. The van der Waals surface area contributed by atoms with Crippen LogP contribution >= 0.6 is 11.6 Å². The molecule has 3 rings (SSSR count). The summed E-state index contributed by atoms with van der Waals surface area (Å²) in [5.74, 6) is 0.0870. The molecule has 2 heterocycles. The van der Waals surface area contributed by atoms with Gasteiger partial charge in [-0.05, 0) is 63.0 Å². The molecule has 1 aromatic heterocycles. The Morgan fingerprint density at radius 1 is 1.38 bits per heavy atom. The van der Waals surface area contributed by atoms with Gasteiger partial charge in [-0.3, -0.25) is 0 Å². The van der Waals surface area contributed by atoms with Crippen LogP contribution in [-0.2, 0) is 4.74 Å². The maximum absolute atomic E-state index is 12.4. The van der Waals surface area contributed by atoms with Crippen LogP contribution in [0.5, 0.6) is 0 Å². The van der Waals surface area contributed by atoms with Gasteiger partial charge in [-0.1, -0.05) is 24.9 Å². The summed E-state index contributed by atoms with van der Waals surface area (Å²) in [6.45, 7) is 6.07. The Kier molecular flexibility index (Phi) is 5.80. The minimum absolute atomic E-state index is 0.356.